The lowest BCUT2D eigenvalue weighted by Gasteiger charge is -2.31. The monoisotopic (exact) mass is 588 g/mol. The first-order valence-electron chi connectivity index (χ1n) is 13.8. The number of carboxylic acids is 1. The Morgan fingerprint density at radius 1 is 0.884 bits per heavy atom. The maximum atomic E-state index is 13.9. The number of nitrogens with one attached hydrogen (secondary N) is 1. The number of para-hydroxylation sites is 1. The molecule has 220 valence electrons. The van der Waals surface area contributed by atoms with Gasteiger partial charge in [0.1, 0.15) is 17.9 Å². The number of halogens is 3. The summed E-state index contributed by atoms with van der Waals surface area (Å²) in [6.45, 7) is -0.173. The molecule has 0 spiro atoms. The fourth-order valence-corrected chi connectivity index (χ4v) is 6.36. The second-order valence-electron chi connectivity index (χ2n) is 10.9. The first-order valence-corrected chi connectivity index (χ1v) is 13.8. The van der Waals surface area contributed by atoms with Crippen molar-refractivity contribution in [1.29, 1.82) is 0 Å². The van der Waals surface area contributed by atoms with Crippen molar-refractivity contribution in [2.45, 2.75) is 24.2 Å². The molecule has 43 heavy (non-hydrogen) atoms. The number of carbonyl (C=O) groups excluding carboxylic acids is 2. The standard InChI is InChI=1S/C33H27F3N2O5/c34-33(35,36)24-10-6-9-23(18-24)28-26-27(30(40)38(29(26)39)15-16-43-25-11-2-1-3-12-25)32(37-28,31(41)42)19-20-13-14-21-7-4-5-8-22(21)17-20/h1-14,17-18,26-28,37H,15-16,19H2,(H,41,42). The van der Waals surface area contributed by atoms with Crippen LogP contribution in [0.5, 0.6) is 5.75 Å². The average Bonchev–Trinajstić information content (AvgIpc) is 3.47. The molecule has 2 amide bonds. The second-order valence-corrected chi connectivity index (χ2v) is 10.9. The van der Waals surface area contributed by atoms with Gasteiger partial charge in [0.25, 0.3) is 0 Å². The number of benzene rings is 4. The summed E-state index contributed by atoms with van der Waals surface area (Å²) < 4.78 is 46.6. The molecule has 4 atom stereocenters. The molecule has 0 bridgehead atoms. The summed E-state index contributed by atoms with van der Waals surface area (Å²) in [7, 11) is 0. The highest BCUT2D eigenvalue weighted by molar-refractivity contribution is 6.09. The van der Waals surface area contributed by atoms with Crippen molar-refractivity contribution >= 4 is 28.6 Å². The Labute approximate surface area is 244 Å². The summed E-state index contributed by atoms with van der Waals surface area (Å²) in [5, 5.41) is 15.5. The number of alkyl halides is 3. The van der Waals surface area contributed by atoms with Gasteiger partial charge >= 0.3 is 12.1 Å². The van der Waals surface area contributed by atoms with Crippen molar-refractivity contribution in [3.63, 3.8) is 0 Å². The lowest BCUT2D eigenvalue weighted by Crippen LogP contribution is -2.57. The van der Waals surface area contributed by atoms with Gasteiger partial charge in [0.15, 0.2) is 0 Å². The SMILES string of the molecule is O=C1C2C(c3cccc(C(F)(F)F)c3)NC(Cc3ccc4ccccc4c3)(C(=O)O)C2C(=O)N1CCOc1ccccc1. The largest absolute Gasteiger partial charge is 0.492 e. The third kappa shape index (κ3) is 5.12. The minimum absolute atomic E-state index is 0.0344. The van der Waals surface area contributed by atoms with Crippen molar-refractivity contribution < 1.29 is 37.4 Å². The van der Waals surface area contributed by atoms with Gasteiger partial charge in [-0.05, 0) is 46.2 Å². The molecular formula is C33H27F3N2O5. The third-order valence-corrected chi connectivity index (χ3v) is 8.32. The van der Waals surface area contributed by atoms with Gasteiger partial charge in [-0.1, -0.05) is 72.8 Å². The van der Waals surface area contributed by atoms with Crippen molar-refractivity contribution in [3.8, 4) is 5.75 Å². The summed E-state index contributed by atoms with van der Waals surface area (Å²) >= 11 is 0. The summed E-state index contributed by atoms with van der Waals surface area (Å²) in [5.74, 6) is -4.78. The number of likely N-dealkylation sites (tertiary alicyclic amines) is 1. The van der Waals surface area contributed by atoms with Crippen LogP contribution in [0.15, 0.2) is 97.1 Å². The molecule has 2 aliphatic heterocycles. The summed E-state index contributed by atoms with van der Waals surface area (Å²) in [5.41, 5.74) is -2.22. The average molecular weight is 589 g/mol. The molecule has 4 unspecified atom stereocenters. The number of fused-ring (bicyclic) bond motifs is 2. The Hall–Kier alpha value is -4.70. The second kappa shape index (κ2) is 10.9. The molecule has 6 rings (SSSR count). The van der Waals surface area contributed by atoms with Crippen LogP contribution >= 0.6 is 0 Å². The van der Waals surface area contributed by atoms with Crippen LogP contribution in [0.4, 0.5) is 13.2 Å². The van der Waals surface area contributed by atoms with Crippen LogP contribution in [0.1, 0.15) is 22.7 Å². The van der Waals surface area contributed by atoms with Crippen LogP contribution in [-0.4, -0.2) is 46.5 Å². The van der Waals surface area contributed by atoms with Crippen LogP contribution < -0.4 is 10.1 Å². The van der Waals surface area contributed by atoms with Crippen molar-refractivity contribution in [2.24, 2.45) is 11.8 Å². The molecule has 0 aliphatic carbocycles. The van der Waals surface area contributed by atoms with Crippen LogP contribution in [0.3, 0.4) is 0 Å². The molecule has 10 heteroatoms. The van der Waals surface area contributed by atoms with Gasteiger partial charge in [-0.2, -0.15) is 13.2 Å². The molecule has 0 radical (unpaired) electrons. The Morgan fingerprint density at radius 2 is 1.60 bits per heavy atom. The number of ether oxygens (including phenoxy) is 1. The van der Waals surface area contributed by atoms with Crippen LogP contribution in [0, 0.1) is 11.8 Å². The number of rotatable bonds is 8. The molecule has 2 fully saturated rings. The quantitative estimate of drug-likeness (QED) is 0.273. The fraction of sp³-hybridized carbons (Fsp3) is 0.242. The lowest BCUT2D eigenvalue weighted by molar-refractivity contribution is -0.151. The van der Waals surface area contributed by atoms with E-state index in [0.29, 0.717) is 11.3 Å². The number of hydrogen-bond donors (Lipinski definition) is 2. The Balaban J connectivity index is 1.39. The van der Waals surface area contributed by atoms with E-state index in [9.17, 15) is 32.7 Å². The summed E-state index contributed by atoms with van der Waals surface area (Å²) in [6.07, 6.45) is -4.82. The maximum absolute atomic E-state index is 13.9. The molecule has 0 aromatic heterocycles. The fourth-order valence-electron chi connectivity index (χ4n) is 6.36. The molecule has 2 saturated heterocycles. The minimum atomic E-state index is -4.65. The van der Waals surface area contributed by atoms with E-state index in [2.05, 4.69) is 5.32 Å². The van der Waals surface area contributed by atoms with E-state index in [4.69, 9.17) is 4.74 Å². The Morgan fingerprint density at radius 3 is 2.33 bits per heavy atom. The van der Waals surface area contributed by atoms with Gasteiger partial charge in [-0.25, -0.2) is 0 Å². The van der Waals surface area contributed by atoms with Gasteiger partial charge in [-0.3, -0.25) is 24.6 Å². The van der Waals surface area contributed by atoms with Crippen molar-refractivity contribution in [1.82, 2.24) is 10.2 Å². The molecule has 4 aromatic carbocycles. The zero-order valence-electron chi connectivity index (χ0n) is 22.8. The van der Waals surface area contributed by atoms with Crippen LogP contribution in [0.2, 0.25) is 0 Å². The summed E-state index contributed by atoms with van der Waals surface area (Å²) in [4.78, 5) is 41.9. The highest BCUT2D eigenvalue weighted by Gasteiger charge is 2.68. The Bertz CT molecular complexity index is 1710. The smallest absolute Gasteiger partial charge is 0.416 e. The number of amides is 2. The maximum Gasteiger partial charge on any atom is 0.416 e. The highest BCUT2D eigenvalue weighted by Crippen LogP contribution is 2.50. The van der Waals surface area contributed by atoms with Crippen LogP contribution in [-0.2, 0) is 27.0 Å². The zero-order valence-corrected chi connectivity index (χ0v) is 22.8. The number of carbonyl (C=O) groups is 3. The topological polar surface area (TPSA) is 95.9 Å². The molecule has 0 saturated carbocycles. The molecule has 2 N–H and O–H groups in total. The number of imide groups is 1. The lowest BCUT2D eigenvalue weighted by atomic mass is 9.76. The number of aliphatic carboxylic acids is 1. The van der Waals surface area contributed by atoms with Crippen molar-refractivity contribution in [3.05, 3.63) is 114 Å². The van der Waals surface area contributed by atoms with Crippen molar-refractivity contribution in [2.75, 3.05) is 13.2 Å². The number of carboxylic acid groups (broad SMARTS) is 1. The van der Waals surface area contributed by atoms with E-state index < -0.39 is 52.9 Å². The molecule has 2 aliphatic rings. The molecule has 2 heterocycles. The first-order chi connectivity index (χ1) is 20.6. The molecular weight excluding hydrogens is 561 g/mol. The zero-order chi connectivity index (χ0) is 30.4. The van der Waals surface area contributed by atoms with E-state index in [0.717, 1.165) is 27.8 Å². The number of nitrogens with zero attached hydrogens (tertiary/aromatic N) is 1. The van der Waals surface area contributed by atoms with Gasteiger partial charge in [-0.15, -0.1) is 0 Å². The van der Waals surface area contributed by atoms with E-state index in [1.54, 1.807) is 30.3 Å². The van der Waals surface area contributed by atoms with Gasteiger partial charge in [0.05, 0.1) is 23.9 Å². The highest BCUT2D eigenvalue weighted by atomic mass is 19.4. The molecule has 7 nitrogen and oxygen atoms in total. The third-order valence-electron chi connectivity index (χ3n) is 8.32. The van der Waals surface area contributed by atoms with E-state index in [-0.39, 0.29) is 25.1 Å². The minimum Gasteiger partial charge on any atom is -0.492 e. The Kier molecular flexibility index (Phi) is 7.17. The van der Waals surface area contributed by atoms with E-state index >= 15 is 0 Å². The van der Waals surface area contributed by atoms with E-state index in [1.165, 1.54) is 12.1 Å². The summed E-state index contributed by atoms with van der Waals surface area (Å²) in [6, 6.07) is 25.0. The van der Waals surface area contributed by atoms with Gasteiger partial charge in [0.2, 0.25) is 11.8 Å². The van der Waals surface area contributed by atoms with Crippen LogP contribution in [0.25, 0.3) is 10.8 Å². The predicted octanol–water partition coefficient (Wildman–Crippen LogP) is 5.25. The normalized spacial score (nSPS) is 23.5. The number of hydrogen-bond acceptors (Lipinski definition) is 5. The van der Waals surface area contributed by atoms with Gasteiger partial charge < -0.3 is 9.84 Å². The van der Waals surface area contributed by atoms with E-state index in [1.807, 2.05) is 42.5 Å². The molecule has 4 aromatic rings. The predicted molar refractivity (Wildman–Crippen MR) is 151 cm³/mol. The first kappa shape index (κ1) is 28.4. The van der Waals surface area contributed by atoms with Gasteiger partial charge in [0, 0.05) is 12.5 Å².